The van der Waals surface area contributed by atoms with E-state index in [1.807, 2.05) is 0 Å². The van der Waals surface area contributed by atoms with E-state index in [0.29, 0.717) is 0 Å². The van der Waals surface area contributed by atoms with Crippen molar-refractivity contribution in [1.29, 1.82) is 0 Å². The minimum absolute atomic E-state index is 0.762. The summed E-state index contributed by atoms with van der Waals surface area (Å²) in [6.45, 7) is 11.1. The van der Waals surface area contributed by atoms with Gasteiger partial charge in [0.05, 0.1) is 0 Å². The summed E-state index contributed by atoms with van der Waals surface area (Å²) in [7, 11) is -1.32. The van der Waals surface area contributed by atoms with Gasteiger partial charge in [-0.2, -0.15) is 0 Å². The molecule has 118 valence electrons. The van der Waals surface area contributed by atoms with Gasteiger partial charge in [-0.25, -0.2) is 0 Å². The van der Waals surface area contributed by atoms with Crippen LogP contribution in [0.25, 0.3) is 0 Å². The number of hydrogen-bond acceptors (Lipinski definition) is 0. The van der Waals surface area contributed by atoms with E-state index in [4.69, 9.17) is 11.6 Å². The van der Waals surface area contributed by atoms with Crippen molar-refractivity contribution in [3.63, 3.8) is 0 Å². The van der Waals surface area contributed by atoms with Gasteiger partial charge in [-0.3, -0.25) is 0 Å². The monoisotopic (exact) mass is 330 g/mol. The van der Waals surface area contributed by atoms with Gasteiger partial charge in [0.2, 0.25) is 0 Å². The van der Waals surface area contributed by atoms with Gasteiger partial charge < -0.3 is 0 Å². The molecule has 2 aromatic rings. The Bertz CT molecular complexity index is 615. The van der Waals surface area contributed by atoms with Crippen LogP contribution in [0, 0.1) is 20.8 Å². The predicted octanol–water partition coefficient (Wildman–Crippen LogP) is 3.86. The summed E-state index contributed by atoms with van der Waals surface area (Å²) in [5.41, 5.74) is 7.83. The Hall–Kier alpha value is -1.05. The Balaban J connectivity index is 2.52. The Morgan fingerprint density at radius 2 is 1.23 bits per heavy atom. The number of aryl methyl sites for hydroxylation is 4. The molecule has 0 nitrogen and oxygen atoms in total. The summed E-state index contributed by atoms with van der Waals surface area (Å²) in [4.78, 5) is 0. The van der Waals surface area contributed by atoms with E-state index in [9.17, 15) is 0 Å². The number of halogens is 1. The van der Waals surface area contributed by atoms with E-state index >= 15 is 0 Å². The zero-order chi connectivity index (χ0) is 16.3. The number of hydrogen-bond donors (Lipinski definition) is 0. The summed E-state index contributed by atoms with van der Waals surface area (Å²) in [5.74, 6) is 0. The number of alkyl halides is 1. The third-order valence-electron chi connectivity index (χ3n) is 4.80. The van der Waals surface area contributed by atoms with Crippen LogP contribution in [-0.4, -0.2) is 14.3 Å². The third kappa shape index (κ3) is 3.64. The molecular weight excluding hydrogens is 304 g/mol. The minimum Gasteiger partial charge on any atom is -0.130 e. The van der Waals surface area contributed by atoms with Crippen molar-refractivity contribution in [3.8, 4) is 0 Å². The fourth-order valence-electron chi connectivity index (χ4n) is 3.04. The van der Waals surface area contributed by atoms with Gasteiger partial charge in [-0.05, 0) is 61.4 Å². The fourth-order valence-corrected chi connectivity index (χ4v) is 6.58. The number of rotatable bonds is 5. The largest absolute Gasteiger partial charge is 0.130 e. The lowest BCUT2D eigenvalue weighted by atomic mass is 10.1. The molecule has 2 rings (SSSR count). The van der Waals surface area contributed by atoms with Crippen molar-refractivity contribution in [2.75, 3.05) is 5.50 Å². The molecule has 0 aliphatic carbocycles. The van der Waals surface area contributed by atoms with Crippen molar-refractivity contribution in [3.05, 3.63) is 58.1 Å². The lowest BCUT2D eigenvalue weighted by Gasteiger charge is -2.18. The summed E-state index contributed by atoms with van der Waals surface area (Å²) < 4.78 is 0. The second kappa shape index (κ2) is 7.48. The Kier molecular flexibility index (Phi) is 5.88. The van der Waals surface area contributed by atoms with Crippen LogP contribution in [0.1, 0.15) is 41.7 Å². The van der Waals surface area contributed by atoms with Crippen LogP contribution < -0.4 is 10.4 Å². The lowest BCUT2D eigenvalue weighted by Crippen LogP contribution is -2.45. The van der Waals surface area contributed by atoms with Gasteiger partial charge in [-0.15, -0.1) is 11.6 Å². The maximum atomic E-state index is 6.43. The normalized spacial score (nSPS) is 12.5. The van der Waals surface area contributed by atoms with Gasteiger partial charge in [0.15, 0.2) is 0 Å². The summed E-state index contributed by atoms with van der Waals surface area (Å²) in [6, 6.07) is 11.9. The molecule has 0 aromatic heterocycles. The fraction of sp³-hybridized carbons (Fsp3) is 0.400. The van der Waals surface area contributed by atoms with Crippen molar-refractivity contribution >= 4 is 30.8 Å². The molecule has 0 fully saturated rings. The van der Waals surface area contributed by atoms with E-state index in [1.54, 1.807) is 0 Å². The maximum absolute atomic E-state index is 6.43. The van der Waals surface area contributed by atoms with Gasteiger partial charge in [-0.1, -0.05) is 54.6 Å². The van der Waals surface area contributed by atoms with Crippen molar-refractivity contribution < 1.29 is 0 Å². The third-order valence-corrected chi connectivity index (χ3v) is 8.31. The second-order valence-corrected chi connectivity index (χ2v) is 9.95. The Labute approximate surface area is 142 Å². The molecule has 22 heavy (non-hydrogen) atoms. The first-order valence-corrected chi connectivity index (χ1v) is 10.8. The van der Waals surface area contributed by atoms with E-state index < -0.39 is 8.80 Å². The van der Waals surface area contributed by atoms with Crippen LogP contribution in [-0.2, 0) is 12.8 Å². The second-order valence-electron chi connectivity index (χ2n) is 6.28. The topological polar surface area (TPSA) is 0 Å². The molecule has 0 saturated carbocycles. The van der Waals surface area contributed by atoms with Crippen LogP contribution in [0.15, 0.2) is 30.3 Å². The SMILES string of the molecule is CCc1cc(CC)cc([SiH](CCl)c2cc(C)c(C)c(C)c2)c1. The van der Waals surface area contributed by atoms with E-state index in [-0.39, 0.29) is 0 Å². The zero-order valence-corrected chi connectivity index (χ0v) is 16.4. The van der Waals surface area contributed by atoms with Crippen molar-refractivity contribution in [1.82, 2.24) is 0 Å². The maximum Gasteiger partial charge on any atom is 0.117 e. The van der Waals surface area contributed by atoms with E-state index in [1.165, 1.54) is 38.2 Å². The standard InChI is InChI=1S/C20H27ClSi/c1-6-17-10-18(7-2)12-20(11-17)22(13-21)19-8-14(3)16(5)15(4)9-19/h8-12,22H,6-7,13H2,1-5H3. The molecule has 1 unspecified atom stereocenters. The molecule has 1 atom stereocenters. The highest BCUT2D eigenvalue weighted by Crippen LogP contribution is 2.12. The van der Waals surface area contributed by atoms with Crippen LogP contribution in [0.5, 0.6) is 0 Å². The molecule has 2 aromatic carbocycles. The molecule has 0 N–H and O–H groups in total. The lowest BCUT2D eigenvalue weighted by molar-refractivity contribution is 1.09. The van der Waals surface area contributed by atoms with Crippen LogP contribution in [0.2, 0.25) is 0 Å². The van der Waals surface area contributed by atoms with Gasteiger partial charge >= 0.3 is 0 Å². The average molecular weight is 331 g/mol. The molecule has 0 amide bonds. The van der Waals surface area contributed by atoms with Gasteiger partial charge in [0.25, 0.3) is 0 Å². The molecule has 0 heterocycles. The molecule has 0 bridgehead atoms. The molecule has 0 saturated heterocycles. The molecule has 0 aliphatic rings. The highest BCUT2D eigenvalue weighted by molar-refractivity contribution is 6.89. The first-order chi connectivity index (χ1) is 10.5. The van der Waals surface area contributed by atoms with Crippen molar-refractivity contribution in [2.45, 2.75) is 47.5 Å². The summed E-state index contributed by atoms with van der Waals surface area (Å²) >= 11 is 6.43. The van der Waals surface area contributed by atoms with Crippen LogP contribution in [0.4, 0.5) is 0 Å². The Morgan fingerprint density at radius 1 is 0.773 bits per heavy atom. The first-order valence-electron chi connectivity index (χ1n) is 8.26. The van der Waals surface area contributed by atoms with Crippen LogP contribution in [0.3, 0.4) is 0 Å². The van der Waals surface area contributed by atoms with Crippen LogP contribution >= 0.6 is 11.6 Å². The summed E-state index contributed by atoms with van der Waals surface area (Å²) in [5, 5.41) is 2.97. The highest BCUT2D eigenvalue weighted by Gasteiger charge is 2.18. The average Bonchev–Trinajstić information content (AvgIpc) is 2.52. The molecule has 0 spiro atoms. The number of benzene rings is 2. The highest BCUT2D eigenvalue weighted by atomic mass is 35.5. The first kappa shape index (κ1) is 17.3. The van der Waals surface area contributed by atoms with E-state index in [0.717, 1.165) is 18.3 Å². The van der Waals surface area contributed by atoms with Gasteiger partial charge in [0.1, 0.15) is 8.80 Å². The predicted molar refractivity (Wildman–Crippen MR) is 103 cm³/mol. The molecule has 0 aliphatic heterocycles. The molecular formula is C20H27ClSi. The van der Waals surface area contributed by atoms with E-state index in [2.05, 4.69) is 65.0 Å². The van der Waals surface area contributed by atoms with Gasteiger partial charge in [0, 0.05) is 5.50 Å². The molecule has 0 radical (unpaired) electrons. The smallest absolute Gasteiger partial charge is 0.117 e. The minimum atomic E-state index is -1.32. The Morgan fingerprint density at radius 3 is 1.64 bits per heavy atom. The van der Waals surface area contributed by atoms with Crippen molar-refractivity contribution in [2.24, 2.45) is 0 Å². The summed E-state index contributed by atoms with van der Waals surface area (Å²) in [6.07, 6.45) is 2.19. The molecule has 2 heteroatoms. The quantitative estimate of drug-likeness (QED) is 0.577. The zero-order valence-electron chi connectivity index (χ0n) is 14.5.